The van der Waals surface area contributed by atoms with E-state index >= 15 is 0 Å². The van der Waals surface area contributed by atoms with E-state index in [1.165, 1.54) is 25.3 Å². The lowest BCUT2D eigenvalue weighted by molar-refractivity contribution is 0.371. The zero-order valence-corrected chi connectivity index (χ0v) is 7.38. The monoisotopic (exact) mass is 179 g/mol. The van der Waals surface area contributed by atoms with Gasteiger partial charge in [0.25, 0.3) is 0 Å². The number of hydrogen-bond acceptors (Lipinski definition) is 2. The lowest BCUT2D eigenvalue weighted by atomic mass is 10.1. The smallest absolute Gasteiger partial charge is 0.124 e. The zero-order valence-electron chi connectivity index (χ0n) is 7.38. The molecule has 1 aromatic rings. The molecule has 0 atom stereocenters. The average molecular weight is 179 g/mol. The first-order chi connectivity index (χ1) is 6.19. The zero-order chi connectivity index (χ0) is 9.84. The van der Waals surface area contributed by atoms with Crippen molar-refractivity contribution >= 4 is 18.2 Å². The van der Waals surface area contributed by atoms with Gasteiger partial charge in [0.1, 0.15) is 11.6 Å². The van der Waals surface area contributed by atoms with Crippen LogP contribution in [0.2, 0.25) is 0 Å². The highest BCUT2D eigenvalue weighted by atomic mass is 19.1. The largest absolute Gasteiger partial charge is 0.497 e. The Morgan fingerprint density at radius 3 is 2.77 bits per heavy atom. The minimum atomic E-state index is -0.347. The molecule has 3 heteroatoms. The molecule has 0 aliphatic carbocycles. The molecule has 0 heterocycles. The number of halogens is 1. The van der Waals surface area contributed by atoms with Crippen LogP contribution in [-0.4, -0.2) is 13.8 Å². The summed E-state index contributed by atoms with van der Waals surface area (Å²) in [5.74, 6) is 0.0301. The Morgan fingerprint density at radius 2 is 2.23 bits per heavy atom. The van der Waals surface area contributed by atoms with Gasteiger partial charge >= 0.3 is 0 Å². The molecule has 0 unspecified atom stereocenters. The van der Waals surface area contributed by atoms with Crippen molar-refractivity contribution in [2.24, 2.45) is 4.99 Å². The van der Waals surface area contributed by atoms with E-state index in [1.807, 2.05) is 0 Å². The van der Waals surface area contributed by atoms with Crippen LogP contribution in [0.5, 0.6) is 0 Å². The van der Waals surface area contributed by atoms with Gasteiger partial charge in [0.15, 0.2) is 0 Å². The fraction of sp³-hybridized carbons (Fsp3) is 0.100. The molecule has 0 fully saturated rings. The highest BCUT2D eigenvalue weighted by Gasteiger charge is 2.06. The van der Waals surface area contributed by atoms with Crippen molar-refractivity contribution in [2.75, 3.05) is 7.11 Å². The minimum absolute atomic E-state index is 0.347. The van der Waals surface area contributed by atoms with Gasteiger partial charge in [0.05, 0.1) is 12.8 Å². The van der Waals surface area contributed by atoms with E-state index in [-0.39, 0.29) is 5.82 Å². The summed E-state index contributed by atoms with van der Waals surface area (Å²) in [7, 11) is 1.47. The van der Waals surface area contributed by atoms with Crippen molar-refractivity contribution in [1.29, 1.82) is 0 Å². The fourth-order valence-electron chi connectivity index (χ4n) is 0.979. The summed E-state index contributed by atoms with van der Waals surface area (Å²) >= 11 is 0. The minimum Gasteiger partial charge on any atom is -0.497 e. The predicted molar refractivity (Wildman–Crippen MR) is 51.7 cm³/mol. The number of hydrogen-bond donors (Lipinski definition) is 0. The quantitative estimate of drug-likeness (QED) is 0.516. The van der Waals surface area contributed by atoms with Crippen molar-refractivity contribution in [2.45, 2.75) is 0 Å². The molecule has 0 spiro atoms. The van der Waals surface area contributed by atoms with Crippen molar-refractivity contribution in [3.05, 3.63) is 36.2 Å². The fourth-order valence-corrected chi connectivity index (χ4v) is 0.979. The lowest BCUT2D eigenvalue weighted by Crippen LogP contribution is -1.87. The summed E-state index contributed by atoms with van der Waals surface area (Å²) in [6, 6.07) is 4.16. The van der Waals surface area contributed by atoms with Crippen LogP contribution >= 0.6 is 0 Å². The summed E-state index contributed by atoms with van der Waals surface area (Å²) in [6.07, 6.45) is 0. The number of aliphatic imine (C=N–C) groups is 1. The number of methoxy groups -OCH3 is 1. The highest BCUT2D eigenvalue weighted by Crippen LogP contribution is 2.26. The van der Waals surface area contributed by atoms with E-state index in [9.17, 15) is 4.39 Å². The molecular formula is C10H10FNO. The molecule has 0 amide bonds. The number of ether oxygens (including phenoxy) is 1. The van der Waals surface area contributed by atoms with Crippen molar-refractivity contribution in [3.8, 4) is 0 Å². The molecule has 1 rings (SSSR count). The third-order valence-electron chi connectivity index (χ3n) is 1.68. The SMILES string of the molecule is C=Nc1ccc(F)cc1C(=C)OC. The molecule has 0 aliphatic heterocycles. The molecule has 1 aromatic carbocycles. The Labute approximate surface area is 76.4 Å². The molecule has 0 radical (unpaired) electrons. The maximum Gasteiger partial charge on any atom is 0.124 e. The normalized spacial score (nSPS) is 9.38. The molecule has 0 N–H and O–H groups in total. The van der Waals surface area contributed by atoms with E-state index in [1.54, 1.807) is 0 Å². The van der Waals surface area contributed by atoms with Gasteiger partial charge in [0.2, 0.25) is 0 Å². The van der Waals surface area contributed by atoms with Crippen molar-refractivity contribution in [3.63, 3.8) is 0 Å². The van der Waals surface area contributed by atoms with E-state index in [2.05, 4.69) is 18.3 Å². The Balaban J connectivity index is 3.23. The van der Waals surface area contributed by atoms with Crippen LogP contribution in [0.1, 0.15) is 5.56 Å². The first kappa shape index (κ1) is 9.45. The van der Waals surface area contributed by atoms with Crippen LogP contribution in [-0.2, 0) is 4.74 Å². The lowest BCUT2D eigenvalue weighted by Gasteiger charge is -2.06. The van der Waals surface area contributed by atoms with E-state index < -0.39 is 0 Å². The van der Waals surface area contributed by atoms with Gasteiger partial charge in [0, 0.05) is 5.56 Å². The number of nitrogens with zero attached hydrogens (tertiary/aromatic N) is 1. The number of rotatable bonds is 3. The Bertz CT molecular complexity index is 347. The maximum absolute atomic E-state index is 12.8. The molecule has 0 aromatic heterocycles. The second kappa shape index (κ2) is 3.85. The molecule has 2 nitrogen and oxygen atoms in total. The predicted octanol–water partition coefficient (Wildman–Crippen LogP) is 2.77. The standard InChI is InChI=1S/C10H10FNO/c1-7(13-3)9-6-8(11)4-5-10(9)12-2/h4-6H,1-2H2,3H3. The van der Waals surface area contributed by atoms with Gasteiger partial charge in [-0.25, -0.2) is 4.39 Å². The first-order valence-corrected chi connectivity index (χ1v) is 3.68. The molecule has 0 saturated carbocycles. The van der Waals surface area contributed by atoms with Crippen LogP contribution in [0.3, 0.4) is 0 Å². The van der Waals surface area contributed by atoms with Crippen molar-refractivity contribution in [1.82, 2.24) is 0 Å². The Morgan fingerprint density at radius 1 is 1.54 bits per heavy atom. The Hall–Kier alpha value is -1.64. The van der Waals surface area contributed by atoms with E-state index in [0.717, 1.165) is 0 Å². The van der Waals surface area contributed by atoms with Gasteiger partial charge in [-0.1, -0.05) is 6.58 Å². The van der Waals surface area contributed by atoms with Gasteiger partial charge < -0.3 is 4.74 Å². The molecule has 0 aliphatic rings. The van der Waals surface area contributed by atoms with Gasteiger partial charge in [-0.15, -0.1) is 0 Å². The van der Waals surface area contributed by atoms with E-state index in [4.69, 9.17) is 4.74 Å². The second-order valence-electron chi connectivity index (χ2n) is 2.45. The third kappa shape index (κ3) is 1.93. The van der Waals surface area contributed by atoms with Crippen LogP contribution in [0, 0.1) is 5.82 Å². The average Bonchev–Trinajstić information content (AvgIpc) is 2.16. The third-order valence-corrected chi connectivity index (χ3v) is 1.68. The van der Waals surface area contributed by atoms with Gasteiger partial charge in [-0.3, -0.25) is 4.99 Å². The maximum atomic E-state index is 12.8. The van der Waals surface area contributed by atoms with Crippen LogP contribution < -0.4 is 0 Å². The summed E-state index contributed by atoms with van der Waals surface area (Å²) in [6.45, 7) is 6.99. The summed E-state index contributed by atoms with van der Waals surface area (Å²) in [4.78, 5) is 3.72. The van der Waals surface area contributed by atoms with Gasteiger partial charge in [-0.2, -0.15) is 0 Å². The number of benzene rings is 1. The van der Waals surface area contributed by atoms with Crippen molar-refractivity contribution < 1.29 is 9.13 Å². The van der Waals surface area contributed by atoms with E-state index in [0.29, 0.717) is 17.0 Å². The first-order valence-electron chi connectivity index (χ1n) is 3.68. The molecule has 13 heavy (non-hydrogen) atoms. The summed E-state index contributed by atoms with van der Waals surface area (Å²) in [5.41, 5.74) is 1.09. The molecular weight excluding hydrogens is 169 g/mol. The topological polar surface area (TPSA) is 21.6 Å². The Kier molecular flexibility index (Phi) is 2.80. The van der Waals surface area contributed by atoms with Gasteiger partial charge in [-0.05, 0) is 24.9 Å². The highest BCUT2D eigenvalue weighted by molar-refractivity contribution is 5.70. The molecule has 0 bridgehead atoms. The molecule has 0 saturated heterocycles. The van der Waals surface area contributed by atoms with Crippen LogP contribution in [0.15, 0.2) is 29.8 Å². The second-order valence-corrected chi connectivity index (χ2v) is 2.45. The summed E-state index contributed by atoms with van der Waals surface area (Å²) in [5, 5.41) is 0. The molecule has 68 valence electrons. The summed E-state index contributed by atoms with van der Waals surface area (Å²) < 4.78 is 17.7. The van der Waals surface area contributed by atoms with Crippen LogP contribution in [0.25, 0.3) is 5.76 Å². The van der Waals surface area contributed by atoms with Crippen LogP contribution in [0.4, 0.5) is 10.1 Å².